The van der Waals surface area contributed by atoms with Gasteiger partial charge >= 0.3 is 5.97 Å². The fourth-order valence-corrected chi connectivity index (χ4v) is 14.9. The predicted molar refractivity (Wildman–Crippen MR) is 353 cm³/mol. The maximum Gasteiger partial charge on any atom is 0.305 e. The van der Waals surface area contributed by atoms with Crippen molar-refractivity contribution >= 4 is 137 Å². The van der Waals surface area contributed by atoms with E-state index in [2.05, 4.69) is 63.1 Å². The number of aliphatic hydroxyl groups excluding tert-OH is 1. The summed E-state index contributed by atoms with van der Waals surface area (Å²) in [7, 11) is 3.57. The van der Waals surface area contributed by atoms with Crippen LogP contribution in [-0.4, -0.2) is 219 Å². The highest BCUT2D eigenvalue weighted by atomic mass is 33.1. The summed E-state index contributed by atoms with van der Waals surface area (Å²) in [6.45, 7) is -0.100. The lowest BCUT2D eigenvalue weighted by Gasteiger charge is -2.30. The van der Waals surface area contributed by atoms with Gasteiger partial charge in [0.2, 0.25) is 70.9 Å². The molecule has 12 amide bonds. The van der Waals surface area contributed by atoms with Gasteiger partial charge in [0.25, 0.3) is 0 Å². The van der Waals surface area contributed by atoms with E-state index in [0.29, 0.717) is 34.9 Å². The van der Waals surface area contributed by atoms with Crippen molar-refractivity contribution in [3.05, 3.63) is 71.9 Å². The minimum atomic E-state index is -1.93. The summed E-state index contributed by atoms with van der Waals surface area (Å²) in [4.78, 5) is 193. The van der Waals surface area contributed by atoms with Crippen molar-refractivity contribution in [3.8, 4) is 0 Å². The number of benzene rings is 2. The molecule has 3 saturated heterocycles. The maximum atomic E-state index is 15.2. The second kappa shape index (κ2) is 37.5. The number of para-hydroxylation sites is 1. The second-order valence-corrected chi connectivity index (χ2v) is 27.3. The highest BCUT2D eigenvalue weighted by molar-refractivity contribution is 8.77. The van der Waals surface area contributed by atoms with Crippen LogP contribution in [0.2, 0.25) is 0 Å². The number of rotatable bonds is 17. The Morgan fingerprint density at radius 3 is 1.81 bits per heavy atom. The van der Waals surface area contributed by atoms with Gasteiger partial charge < -0.3 is 96.2 Å². The molecule has 512 valence electrons. The molecule has 94 heavy (non-hydrogen) atoms. The van der Waals surface area contributed by atoms with Crippen molar-refractivity contribution in [1.29, 1.82) is 0 Å². The largest absolute Gasteiger partial charge is 0.481 e. The van der Waals surface area contributed by atoms with E-state index in [1.807, 2.05) is 6.92 Å². The molecule has 2 bridgehead atoms. The van der Waals surface area contributed by atoms with Crippen LogP contribution in [-0.2, 0) is 75.2 Å². The van der Waals surface area contributed by atoms with Crippen LogP contribution in [0, 0.1) is 0 Å². The average Bonchev–Trinajstić information content (AvgIpc) is 1.62. The van der Waals surface area contributed by atoms with Gasteiger partial charge in [0.1, 0.15) is 66.5 Å². The summed E-state index contributed by atoms with van der Waals surface area (Å²) in [6, 6.07) is -1.67. The van der Waals surface area contributed by atoms with Gasteiger partial charge in [-0.1, -0.05) is 111 Å². The zero-order valence-electron chi connectivity index (χ0n) is 51.4. The molecule has 11 atom stereocenters. The number of amides is 12. The standard InChI is InChI=1S/C58H81N17O15S4/c1-2-3-14-34-48(81)68-36(20-30-11-5-4-6-12-30)50(83)72-40(47(60)80)26-91-93-29-43-55(88)71-39(25-76)52(85)70-38(22-46(78)79)57(90)75-19-10-17-44(75)56(89)67-35(16-9-18-63-58(61)62)49(82)73-42(28-94-92-27-41(53(86)74-43)65-45(77)23-59)54(87)69-37(51(84)66-34)21-31-24-64-33-15-8-7-13-32(31)33/h4-8,11-13,15,24,34-44,64,76H,2-3,9-10,14,16-23,25-29,59H2,1H3,(H2,60,80)(H,65,77)(H,66,84)(H,67,89)(H,68,81)(H,69,87)(H,70,85)(H,71,88)(H,72,83)(H,73,82)(H,74,86)(H,78,79)(H4,61,62,63)/t34-,35-,36-,37-,38-,39-,40-,41-,42-,43-,44-/m0/s1. The Hall–Kier alpha value is -8.32. The zero-order chi connectivity index (χ0) is 68.4. The number of fused-ring (bicyclic) bond motifs is 10. The SMILES string of the molecule is CCCC[C@@H]1NC(=O)[C@H](Cc2c[nH]c3ccccc23)NC(=O)[C@@H]2CSSC[C@H](NC(=O)CN)C(=O)N[C@@H](CSSC[C@@H](C(N)=O)NC(=O)[C@H](Cc3ccccc3)NC1=O)C(=O)N[C@@H](CO)C(=O)N[C@@H](CC(=O)O)C(=O)N1CCC[C@H]1C(=O)N[C@@H](CCCN=C(N)N)C(=O)N2. The first-order chi connectivity index (χ1) is 45.0. The Kier molecular flexibility index (Phi) is 29.8. The van der Waals surface area contributed by atoms with E-state index in [-0.39, 0.29) is 81.3 Å². The number of primary amides is 1. The molecule has 3 aliphatic heterocycles. The molecule has 6 rings (SSSR count). The van der Waals surface area contributed by atoms with Crippen molar-refractivity contribution in [2.75, 3.05) is 49.3 Å². The van der Waals surface area contributed by atoms with Crippen LogP contribution in [0.5, 0.6) is 0 Å². The van der Waals surface area contributed by atoms with Crippen molar-refractivity contribution in [1.82, 2.24) is 63.1 Å². The maximum absolute atomic E-state index is 15.2. The zero-order valence-corrected chi connectivity index (χ0v) is 54.7. The molecule has 0 saturated carbocycles. The monoisotopic (exact) mass is 1380 g/mol. The molecular formula is C58H81N17O15S4. The van der Waals surface area contributed by atoms with E-state index in [0.717, 1.165) is 48.1 Å². The lowest BCUT2D eigenvalue weighted by atomic mass is 10.0. The van der Waals surface area contributed by atoms with E-state index in [9.17, 15) is 63.0 Å². The summed E-state index contributed by atoms with van der Waals surface area (Å²) in [5, 5.41) is 47.1. The third kappa shape index (κ3) is 22.7. The quantitative estimate of drug-likeness (QED) is 0.0263. The number of aromatic amines is 1. The van der Waals surface area contributed by atoms with Crippen LogP contribution in [0.4, 0.5) is 0 Å². The molecular weight excluding hydrogens is 1300 g/mol. The Bertz CT molecular complexity index is 3240. The number of aromatic nitrogens is 1. The normalized spacial score (nSPS) is 25.7. The summed E-state index contributed by atoms with van der Waals surface area (Å²) < 4.78 is 0. The van der Waals surface area contributed by atoms with Gasteiger partial charge in [0.05, 0.1) is 19.6 Å². The fraction of sp³-hybridized carbons (Fsp3) is 0.517. The van der Waals surface area contributed by atoms with Gasteiger partial charge in [-0.25, -0.2) is 0 Å². The first-order valence-electron chi connectivity index (χ1n) is 30.3. The Balaban J connectivity index is 1.51. The minimum absolute atomic E-state index is 0.00899. The number of carbonyl (C=O) groups excluding carboxylic acids is 12. The Morgan fingerprint density at radius 1 is 0.617 bits per heavy atom. The fourth-order valence-electron chi connectivity index (χ4n) is 10.2. The first kappa shape index (κ1) is 74.7. The van der Waals surface area contributed by atoms with Crippen LogP contribution in [0.15, 0.2) is 65.8 Å². The molecule has 0 aliphatic carbocycles. The average molecular weight is 1380 g/mol. The van der Waals surface area contributed by atoms with Gasteiger partial charge in [0, 0.05) is 66.0 Å². The van der Waals surface area contributed by atoms with Crippen LogP contribution in [0.25, 0.3) is 10.9 Å². The molecule has 3 aromatic rings. The number of H-pyrrole nitrogens is 1. The third-order valence-electron chi connectivity index (χ3n) is 15.2. The van der Waals surface area contributed by atoms with Gasteiger partial charge in [-0.05, 0) is 49.3 Å². The van der Waals surface area contributed by atoms with Crippen molar-refractivity contribution < 1.29 is 72.5 Å². The number of nitrogens with one attached hydrogen (secondary N) is 11. The highest BCUT2D eigenvalue weighted by Gasteiger charge is 2.42. The number of hydrogen-bond donors (Lipinski definition) is 17. The summed E-state index contributed by atoms with van der Waals surface area (Å²) in [6.07, 6.45) is 1.23. The van der Waals surface area contributed by atoms with E-state index >= 15 is 9.59 Å². The predicted octanol–water partition coefficient (Wildman–Crippen LogP) is -4.26. The van der Waals surface area contributed by atoms with E-state index in [1.54, 1.807) is 60.8 Å². The summed E-state index contributed by atoms with van der Waals surface area (Å²) >= 11 is 0. The molecule has 21 N–H and O–H groups in total. The third-order valence-corrected chi connectivity index (χ3v) is 20.1. The molecule has 3 aliphatic rings. The molecule has 0 unspecified atom stereocenters. The number of aliphatic imine (C=N–C) groups is 1. The number of hydrogen-bond acceptors (Lipinski definition) is 20. The minimum Gasteiger partial charge on any atom is -0.481 e. The Morgan fingerprint density at radius 2 is 1.16 bits per heavy atom. The number of aliphatic hydroxyl groups is 1. The highest BCUT2D eigenvalue weighted by Crippen LogP contribution is 2.27. The first-order valence-corrected chi connectivity index (χ1v) is 35.3. The van der Waals surface area contributed by atoms with E-state index in [4.69, 9.17) is 22.9 Å². The molecule has 0 radical (unpaired) electrons. The van der Waals surface area contributed by atoms with Crippen LogP contribution < -0.4 is 76.1 Å². The topological polar surface area (TPSA) is 518 Å². The van der Waals surface area contributed by atoms with E-state index < -0.39 is 169 Å². The number of aliphatic carboxylic acids is 1. The van der Waals surface area contributed by atoms with Crippen molar-refractivity contribution in [3.63, 3.8) is 0 Å². The van der Waals surface area contributed by atoms with Gasteiger partial charge in [-0.3, -0.25) is 67.3 Å². The van der Waals surface area contributed by atoms with E-state index in [1.165, 1.54) is 0 Å². The van der Waals surface area contributed by atoms with Crippen LogP contribution in [0.3, 0.4) is 0 Å². The number of carboxylic acid groups (broad SMARTS) is 1. The molecule has 3 fully saturated rings. The lowest BCUT2D eigenvalue weighted by Crippen LogP contribution is -2.61. The number of carbonyl (C=O) groups is 13. The molecule has 36 heteroatoms. The molecule has 1 aromatic heterocycles. The number of nitrogens with zero attached hydrogens (tertiary/aromatic N) is 2. The lowest BCUT2D eigenvalue weighted by molar-refractivity contribution is -0.146. The summed E-state index contributed by atoms with van der Waals surface area (Å²) in [5.74, 6) is -15.0. The second-order valence-electron chi connectivity index (χ2n) is 22.2. The van der Waals surface area contributed by atoms with Crippen LogP contribution in [0.1, 0.15) is 69.4 Å². The van der Waals surface area contributed by atoms with Crippen molar-refractivity contribution in [2.24, 2.45) is 27.9 Å². The number of nitrogens with two attached hydrogens (primary N) is 4. The van der Waals surface area contributed by atoms with Crippen LogP contribution >= 0.6 is 43.2 Å². The number of carboxylic acids is 1. The molecule has 2 aromatic carbocycles. The van der Waals surface area contributed by atoms with Gasteiger partial charge in [-0.2, -0.15) is 0 Å². The number of unbranched alkanes of at least 4 members (excludes halogenated alkanes) is 1. The molecule has 32 nitrogen and oxygen atoms in total. The van der Waals surface area contributed by atoms with Crippen molar-refractivity contribution in [2.45, 2.75) is 138 Å². The smallest absolute Gasteiger partial charge is 0.305 e. The number of guanidine groups is 1. The molecule has 4 heterocycles. The summed E-state index contributed by atoms with van der Waals surface area (Å²) in [5.41, 5.74) is 24.5. The van der Waals surface area contributed by atoms with Gasteiger partial charge in [-0.15, -0.1) is 0 Å². The van der Waals surface area contributed by atoms with Gasteiger partial charge in [0.15, 0.2) is 5.96 Å². The Labute approximate surface area is 556 Å². The molecule has 0 spiro atoms.